The number of halogens is 1. The van der Waals surface area contributed by atoms with Crippen LogP contribution in [0.2, 0.25) is 0 Å². The van der Waals surface area contributed by atoms with Crippen LogP contribution in [0.5, 0.6) is 0 Å². The van der Waals surface area contributed by atoms with Gasteiger partial charge in [-0.2, -0.15) is 17.0 Å². The third-order valence-electron chi connectivity index (χ3n) is 2.64. The summed E-state index contributed by atoms with van der Waals surface area (Å²) in [5.74, 6) is -0.402. The van der Waals surface area contributed by atoms with Gasteiger partial charge in [0.2, 0.25) is 0 Å². The number of nitrogens with one attached hydrogen (secondary N) is 1. The highest BCUT2D eigenvalue weighted by molar-refractivity contribution is 7.99. The van der Waals surface area contributed by atoms with Gasteiger partial charge in [0.15, 0.2) is 0 Å². The minimum atomic E-state index is -0.402. The van der Waals surface area contributed by atoms with Crippen LogP contribution in [0.25, 0.3) is 0 Å². The third-order valence-corrected chi connectivity index (χ3v) is 3.69. The van der Waals surface area contributed by atoms with Gasteiger partial charge in [-0.15, -0.1) is 0 Å². The molecule has 0 aliphatic heterocycles. The fraction of sp³-hybridized carbons (Fsp3) is 0.462. The van der Waals surface area contributed by atoms with Crippen molar-refractivity contribution in [3.05, 3.63) is 35.1 Å². The van der Waals surface area contributed by atoms with Crippen LogP contribution in [0.4, 0.5) is 4.39 Å². The van der Waals surface area contributed by atoms with Crippen molar-refractivity contribution in [3.8, 4) is 6.07 Å². The van der Waals surface area contributed by atoms with Gasteiger partial charge >= 0.3 is 0 Å². The van der Waals surface area contributed by atoms with Gasteiger partial charge in [0.05, 0.1) is 5.56 Å². The van der Waals surface area contributed by atoms with Crippen molar-refractivity contribution in [2.45, 2.75) is 25.1 Å². The first-order valence-corrected chi connectivity index (χ1v) is 6.88. The van der Waals surface area contributed by atoms with Crippen molar-refractivity contribution in [2.24, 2.45) is 0 Å². The quantitative estimate of drug-likeness (QED) is 0.791. The largest absolute Gasteiger partial charge is 0.313 e. The monoisotopic (exact) mass is 252 g/mol. The van der Waals surface area contributed by atoms with Crippen molar-refractivity contribution in [2.75, 3.05) is 12.8 Å². The molecule has 17 heavy (non-hydrogen) atoms. The molecule has 0 spiro atoms. The summed E-state index contributed by atoms with van der Waals surface area (Å²) in [6.45, 7) is 3.50. The van der Waals surface area contributed by atoms with Crippen LogP contribution in [0.1, 0.15) is 24.5 Å². The molecule has 0 aliphatic carbocycles. The summed E-state index contributed by atoms with van der Waals surface area (Å²) in [6.07, 6.45) is 3.14. The molecule has 0 saturated heterocycles. The predicted molar refractivity (Wildman–Crippen MR) is 70.4 cm³/mol. The van der Waals surface area contributed by atoms with Gasteiger partial charge in [0.1, 0.15) is 11.9 Å². The Bertz CT molecular complexity index is 401. The van der Waals surface area contributed by atoms with Gasteiger partial charge < -0.3 is 5.32 Å². The van der Waals surface area contributed by atoms with Crippen molar-refractivity contribution in [1.29, 1.82) is 5.26 Å². The van der Waals surface area contributed by atoms with Crippen molar-refractivity contribution in [3.63, 3.8) is 0 Å². The van der Waals surface area contributed by atoms with E-state index in [0.29, 0.717) is 17.4 Å². The lowest BCUT2D eigenvalue weighted by molar-refractivity contribution is 0.579. The van der Waals surface area contributed by atoms with Crippen LogP contribution < -0.4 is 5.32 Å². The normalized spacial score (nSPS) is 12.1. The number of hydrogen-bond donors (Lipinski definition) is 1. The van der Waals surface area contributed by atoms with E-state index in [0.717, 1.165) is 13.0 Å². The smallest absolute Gasteiger partial charge is 0.145 e. The summed E-state index contributed by atoms with van der Waals surface area (Å²) < 4.78 is 13.7. The molecule has 0 bridgehead atoms. The van der Waals surface area contributed by atoms with Gasteiger partial charge in [-0.25, -0.2) is 4.39 Å². The molecule has 1 aromatic rings. The first kappa shape index (κ1) is 14.0. The molecule has 0 aliphatic rings. The van der Waals surface area contributed by atoms with Crippen molar-refractivity contribution in [1.82, 2.24) is 5.32 Å². The van der Waals surface area contributed by atoms with Gasteiger partial charge in [0.25, 0.3) is 0 Å². The van der Waals surface area contributed by atoms with Gasteiger partial charge in [-0.05, 0) is 25.3 Å². The Labute approximate surface area is 106 Å². The number of nitriles is 1. The predicted octanol–water partition coefficient (Wildman–Crippen LogP) is 2.93. The van der Waals surface area contributed by atoms with Crippen molar-refractivity contribution >= 4 is 11.8 Å². The molecule has 4 heteroatoms. The van der Waals surface area contributed by atoms with Gasteiger partial charge in [-0.1, -0.05) is 19.1 Å². The second kappa shape index (κ2) is 7.31. The molecule has 0 saturated carbocycles. The van der Waals surface area contributed by atoms with Crippen LogP contribution in [0.3, 0.4) is 0 Å². The molecule has 1 atom stereocenters. The van der Waals surface area contributed by atoms with Crippen LogP contribution in [0, 0.1) is 17.1 Å². The van der Waals surface area contributed by atoms with E-state index in [2.05, 4.69) is 18.5 Å². The number of thioether (sulfide) groups is 1. The maximum Gasteiger partial charge on any atom is 0.145 e. The lowest BCUT2D eigenvalue weighted by Crippen LogP contribution is -2.18. The molecule has 2 nitrogen and oxygen atoms in total. The Hall–Kier alpha value is -1.05. The fourth-order valence-electron chi connectivity index (χ4n) is 1.45. The van der Waals surface area contributed by atoms with E-state index in [-0.39, 0.29) is 5.56 Å². The Kier molecular flexibility index (Phi) is 6.03. The molecule has 1 rings (SSSR count). The first-order valence-electron chi connectivity index (χ1n) is 5.60. The highest BCUT2D eigenvalue weighted by Crippen LogP contribution is 2.12. The van der Waals surface area contributed by atoms with Crippen LogP contribution in [0.15, 0.2) is 18.2 Å². The minimum Gasteiger partial charge on any atom is -0.313 e. The van der Waals surface area contributed by atoms with E-state index in [9.17, 15) is 4.39 Å². The minimum absolute atomic E-state index is 0.113. The summed E-state index contributed by atoms with van der Waals surface area (Å²) in [7, 11) is 0. The van der Waals surface area contributed by atoms with E-state index in [1.54, 1.807) is 12.1 Å². The summed E-state index contributed by atoms with van der Waals surface area (Å²) in [5, 5.41) is 12.5. The highest BCUT2D eigenvalue weighted by atomic mass is 32.2. The lowest BCUT2D eigenvalue weighted by atomic mass is 10.1. The molecule has 0 fully saturated rings. The fourth-order valence-corrected chi connectivity index (χ4v) is 1.80. The SMILES string of the molecule is CSC(C)CCNCc1cccc(C#N)c1F. The Morgan fingerprint density at radius 3 is 2.94 bits per heavy atom. The molecular weight excluding hydrogens is 235 g/mol. The zero-order valence-corrected chi connectivity index (χ0v) is 11.0. The number of benzene rings is 1. The molecule has 0 aromatic heterocycles. The summed E-state index contributed by atoms with van der Waals surface area (Å²) in [5.41, 5.74) is 0.669. The molecule has 0 heterocycles. The molecule has 92 valence electrons. The second-order valence-corrected chi connectivity index (χ2v) is 5.18. The number of nitrogens with zero attached hydrogens (tertiary/aromatic N) is 1. The summed E-state index contributed by atoms with van der Waals surface area (Å²) in [4.78, 5) is 0. The van der Waals surface area contributed by atoms with E-state index >= 15 is 0 Å². The van der Waals surface area contributed by atoms with Gasteiger partial charge in [-0.3, -0.25) is 0 Å². The lowest BCUT2D eigenvalue weighted by Gasteiger charge is -2.09. The van der Waals surface area contributed by atoms with E-state index < -0.39 is 5.82 Å². The number of rotatable bonds is 6. The van der Waals surface area contributed by atoms with Crippen molar-refractivity contribution < 1.29 is 4.39 Å². The van der Waals surface area contributed by atoms with E-state index in [1.165, 1.54) is 6.07 Å². The summed E-state index contributed by atoms with van der Waals surface area (Å²) >= 11 is 1.82. The van der Waals surface area contributed by atoms with E-state index in [1.807, 2.05) is 17.8 Å². The standard InChI is InChI=1S/C13H17FN2S/c1-10(17-2)6-7-16-9-12-5-3-4-11(8-15)13(12)14/h3-5,10,16H,6-7,9H2,1-2H3. The molecular formula is C13H17FN2S. The topological polar surface area (TPSA) is 35.8 Å². The maximum absolute atomic E-state index is 13.7. The average Bonchev–Trinajstić information content (AvgIpc) is 2.36. The van der Waals surface area contributed by atoms with Gasteiger partial charge in [0, 0.05) is 17.4 Å². The molecule has 0 amide bonds. The second-order valence-electron chi connectivity index (χ2n) is 3.90. The Balaban J connectivity index is 2.45. The van der Waals surface area contributed by atoms with E-state index in [4.69, 9.17) is 5.26 Å². The molecule has 1 unspecified atom stereocenters. The maximum atomic E-state index is 13.7. The Morgan fingerprint density at radius 2 is 2.29 bits per heavy atom. The molecule has 1 aromatic carbocycles. The average molecular weight is 252 g/mol. The zero-order valence-electron chi connectivity index (χ0n) is 10.2. The van der Waals surface area contributed by atoms with Crippen LogP contribution in [-0.4, -0.2) is 18.1 Å². The molecule has 0 radical (unpaired) electrons. The van der Waals surface area contributed by atoms with Crippen LogP contribution in [-0.2, 0) is 6.54 Å². The number of hydrogen-bond acceptors (Lipinski definition) is 3. The first-order chi connectivity index (χ1) is 8.19. The zero-order chi connectivity index (χ0) is 12.7. The Morgan fingerprint density at radius 1 is 1.53 bits per heavy atom. The third kappa shape index (κ3) is 4.37. The highest BCUT2D eigenvalue weighted by Gasteiger charge is 2.06. The molecule has 1 N–H and O–H groups in total. The van der Waals surface area contributed by atoms with Crippen LogP contribution >= 0.6 is 11.8 Å². The summed E-state index contributed by atoms with van der Waals surface area (Å²) in [6, 6.07) is 6.76.